The minimum Gasteiger partial charge on any atom is -0.310 e. The molecular formula is C72H47NS. The van der Waals surface area contributed by atoms with E-state index >= 15 is 0 Å². The maximum Gasteiger partial charge on any atom is 0.0555 e. The van der Waals surface area contributed by atoms with Crippen LogP contribution in [0.5, 0.6) is 0 Å². The van der Waals surface area contributed by atoms with Crippen LogP contribution in [0.25, 0.3) is 119 Å². The molecule has 0 amide bonds. The first-order chi connectivity index (χ1) is 36.7. The Bertz CT molecular complexity index is 4410. The van der Waals surface area contributed by atoms with E-state index < -0.39 is 0 Å². The summed E-state index contributed by atoms with van der Waals surface area (Å²) < 4.78 is 2.55. The highest BCUT2D eigenvalue weighted by Crippen LogP contribution is 2.50. The van der Waals surface area contributed by atoms with Crippen molar-refractivity contribution in [1.29, 1.82) is 0 Å². The number of benzene rings is 13. The van der Waals surface area contributed by atoms with Gasteiger partial charge in [-0.15, -0.1) is 11.3 Å². The predicted octanol–water partition coefficient (Wildman–Crippen LogP) is 21.0. The summed E-state index contributed by atoms with van der Waals surface area (Å²) in [5.41, 5.74) is 17.8. The van der Waals surface area contributed by atoms with Crippen molar-refractivity contribution in [2.45, 2.75) is 0 Å². The highest BCUT2D eigenvalue weighted by atomic mass is 32.1. The molecule has 0 atom stereocenters. The first-order valence-electron chi connectivity index (χ1n) is 25.4. The van der Waals surface area contributed by atoms with Crippen LogP contribution in [0.4, 0.5) is 17.1 Å². The van der Waals surface area contributed by atoms with Crippen molar-refractivity contribution in [3.8, 4) is 66.8 Å². The minimum atomic E-state index is 1.09. The minimum absolute atomic E-state index is 1.09. The summed E-state index contributed by atoms with van der Waals surface area (Å²) in [6.07, 6.45) is 0. The summed E-state index contributed by atoms with van der Waals surface area (Å²) in [6.45, 7) is 0. The quantitative estimate of drug-likeness (QED) is 0.139. The van der Waals surface area contributed by atoms with Crippen molar-refractivity contribution in [2.75, 3.05) is 4.90 Å². The summed E-state index contributed by atoms with van der Waals surface area (Å²) >= 11 is 1.89. The molecule has 74 heavy (non-hydrogen) atoms. The number of thiophene rings is 1. The fourth-order valence-electron chi connectivity index (χ4n) is 11.2. The second-order valence-corrected chi connectivity index (χ2v) is 20.2. The van der Waals surface area contributed by atoms with Gasteiger partial charge in [0.1, 0.15) is 0 Å². The fraction of sp³-hybridized carbons (Fsp3) is 0. The third-order valence-corrected chi connectivity index (χ3v) is 16.1. The molecule has 0 saturated heterocycles. The van der Waals surface area contributed by atoms with E-state index in [0.29, 0.717) is 0 Å². The van der Waals surface area contributed by atoms with E-state index in [1.54, 1.807) is 0 Å². The van der Waals surface area contributed by atoms with Gasteiger partial charge in [-0.2, -0.15) is 0 Å². The van der Waals surface area contributed by atoms with E-state index in [9.17, 15) is 0 Å². The van der Waals surface area contributed by atoms with E-state index in [0.717, 1.165) is 22.6 Å². The van der Waals surface area contributed by atoms with Gasteiger partial charge in [0.05, 0.1) is 5.69 Å². The third-order valence-electron chi connectivity index (χ3n) is 14.9. The molecule has 1 heterocycles. The van der Waals surface area contributed by atoms with E-state index in [4.69, 9.17) is 0 Å². The van der Waals surface area contributed by atoms with Crippen LogP contribution in [-0.2, 0) is 0 Å². The maximum absolute atomic E-state index is 2.46. The molecule has 0 unspecified atom stereocenters. The Labute approximate surface area is 435 Å². The number of hydrogen-bond donors (Lipinski definition) is 0. The second kappa shape index (κ2) is 18.4. The van der Waals surface area contributed by atoms with Crippen molar-refractivity contribution < 1.29 is 0 Å². The Hall–Kier alpha value is -9.34. The molecule has 346 valence electrons. The van der Waals surface area contributed by atoms with Crippen LogP contribution >= 0.6 is 11.3 Å². The molecule has 13 aromatic carbocycles. The van der Waals surface area contributed by atoms with E-state index in [1.165, 1.54) is 114 Å². The van der Waals surface area contributed by atoms with Crippen LogP contribution in [-0.4, -0.2) is 0 Å². The lowest BCUT2D eigenvalue weighted by Crippen LogP contribution is -2.10. The third kappa shape index (κ3) is 7.72. The van der Waals surface area contributed by atoms with Gasteiger partial charge in [0.15, 0.2) is 0 Å². The Morgan fingerprint density at radius 1 is 0.243 bits per heavy atom. The van der Waals surface area contributed by atoms with Gasteiger partial charge < -0.3 is 4.90 Å². The van der Waals surface area contributed by atoms with Crippen LogP contribution in [0.15, 0.2) is 285 Å². The molecule has 0 aliphatic rings. The van der Waals surface area contributed by atoms with Crippen LogP contribution < -0.4 is 4.90 Å². The van der Waals surface area contributed by atoms with Gasteiger partial charge in [-0.25, -0.2) is 0 Å². The van der Waals surface area contributed by atoms with Gasteiger partial charge in [-0.05, 0) is 142 Å². The maximum atomic E-state index is 2.46. The highest BCUT2D eigenvalue weighted by molar-refractivity contribution is 7.26. The zero-order valence-corrected chi connectivity index (χ0v) is 41.3. The van der Waals surface area contributed by atoms with Crippen molar-refractivity contribution in [1.82, 2.24) is 0 Å². The molecule has 0 spiro atoms. The van der Waals surface area contributed by atoms with Crippen molar-refractivity contribution in [3.05, 3.63) is 285 Å². The van der Waals surface area contributed by atoms with Crippen molar-refractivity contribution >= 4 is 80.9 Å². The van der Waals surface area contributed by atoms with Crippen LogP contribution in [0.1, 0.15) is 0 Å². The zero-order chi connectivity index (χ0) is 49.0. The number of rotatable bonds is 9. The van der Waals surface area contributed by atoms with E-state index in [1.807, 2.05) is 11.3 Å². The van der Waals surface area contributed by atoms with Crippen LogP contribution in [0.3, 0.4) is 0 Å². The lowest BCUT2D eigenvalue weighted by molar-refractivity contribution is 1.30. The number of anilines is 3. The summed E-state index contributed by atoms with van der Waals surface area (Å²) in [5, 5.41) is 10.0. The highest BCUT2D eigenvalue weighted by Gasteiger charge is 2.23. The molecule has 0 N–H and O–H groups in total. The summed E-state index contributed by atoms with van der Waals surface area (Å²) in [7, 11) is 0. The molecule has 0 aliphatic heterocycles. The monoisotopic (exact) mass is 957 g/mol. The smallest absolute Gasteiger partial charge is 0.0555 e. The Morgan fingerprint density at radius 2 is 0.676 bits per heavy atom. The van der Waals surface area contributed by atoms with Gasteiger partial charge in [0.25, 0.3) is 0 Å². The average molecular weight is 958 g/mol. The Balaban J connectivity index is 0.890. The Kier molecular flexibility index (Phi) is 10.8. The molecule has 0 fully saturated rings. The van der Waals surface area contributed by atoms with Gasteiger partial charge >= 0.3 is 0 Å². The largest absolute Gasteiger partial charge is 0.310 e. The molecule has 0 aliphatic carbocycles. The number of fused-ring (bicyclic) bond motifs is 6. The molecule has 0 bridgehead atoms. The van der Waals surface area contributed by atoms with Crippen molar-refractivity contribution in [3.63, 3.8) is 0 Å². The summed E-state index contributed by atoms with van der Waals surface area (Å²) in [6, 6.07) is 105. The number of nitrogens with zero attached hydrogens (tertiary/aromatic N) is 1. The predicted molar refractivity (Wildman–Crippen MR) is 319 cm³/mol. The number of hydrogen-bond acceptors (Lipinski definition) is 2. The van der Waals surface area contributed by atoms with Gasteiger partial charge in [-0.1, -0.05) is 237 Å². The molecule has 1 aromatic heterocycles. The SMILES string of the molecule is c1ccc(-c2ccccc2-c2ccc3ccccc3c2)c(-c2ccc(N(c3ccc(-c4ccc(-c5ccc6ccccc6c5)cc4)cc3)c3ccc(-c4cccc5ccccc45)c4sc5ccccc5c34)cc2)c1. The summed E-state index contributed by atoms with van der Waals surface area (Å²) in [4.78, 5) is 2.46. The second-order valence-electron chi connectivity index (χ2n) is 19.2. The van der Waals surface area contributed by atoms with Crippen LogP contribution in [0, 0.1) is 0 Å². The molecule has 14 rings (SSSR count). The normalized spacial score (nSPS) is 11.5. The van der Waals surface area contributed by atoms with E-state index in [2.05, 4.69) is 290 Å². The molecule has 0 saturated carbocycles. The van der Waals surface area contributed by atoms with E-state index in [-0.39, 0.29) is 0 Å². The average Bonchev–Trinajstić information content (AvgIpc) is 3.88. The lowest BCUT2D eigenvalue weighted by Gasteiger charge is -2.27. The van der Waals surface area contributed by atoms with Crippen LogP contribution in [0.2, 0.25) is 0 Å². The molecular weight excluding hydrogens is 911 g/mol. The summed E-state index contributed by atoms with van der Waals surface area (Å²) in [5.74, 6) is 0. The van der Waals surface area contributed by atoms with Gasteiger partial charge in [0, 0.05) is 37.1 Å². The molecule has 2 heteroatoms. The Morgan fingerprint density at radius 3 is 1.32 bits per heavy atom. The first kappa shape index (κ1) is 43.4. The van der Waals surface area contributed by atoms with Gasteiger partial charge in [-0.3, -0.25) is 0 Å². The standard InChI is InChI=1S/C72H47NS/c1-3-17-55-46-57(34-32-48(55)14-1)52-30-28-50(29-31-52)51-36-40-59(41-37-51)73(69-45-44-67(66-26-13-19-53-16-5-6-20-61(53)66)72-71(69)68-25-11-12-27-70(68)74-72)60-42-38-54(39-43-60)62-21-7-9-23-64(62)65-24-10-8-22-63(65)58-35-33-49-15-2-4-18-56(49)47-58/h1-47H. The zero-order valence-electron chi connectivity index (χ0n) is 40.5. The molecule has 0 radical (unpaired) electrons. The van der Waals surface area contributed by atoms with Gasteiger partial charge in [0.2, 0.25) is 0 Å². The topological polar surface area (TPSA) is 3.24 Å². The molecule has 1 nitrogen and oxygen atoms in total. The lowest BCUT2D eigenvalue weighted by atomic mass is 9.89. The van der Waals surface area contributed by atoms with Crippen molar-refractivity contribution in [2.24, 2.45) is 0 Å². The fourth-order valence-corrected chi connectivity index (χ4v) is 12.5. The first-order valence-corrected chi connectivity index (χ1v) is 26.2. The molecule has 14 aromatic rings.